The van der Waals surface area contributed by atoms with E-state index >= 15 is 0 Å². The lowest BCUT2D eigenvalue weighted by Crippen LogP contribution is -1.93. The van der Waals surface area contributed by atoms with E-state index in [9.17, 15) is 15.2 Å². The fourth-order valence-electron chi connectivity index (χ4n) is 1.50. The van der Waals surface area contributed by atoms with Crippen molar-refractivity contribution in [2.24, 2.45) is 5.10 Å². The topological polar surface area (TPSA) is 87.8 Å². The number of hydrogen-bond donors (Lipinski definition) is 2. The molecule has 20 heavy (non-hydrogen) atoms. The zero-order valence-corrected chi connectivity index (χ0v) is 10.9. The maximum atomic E-state index is 10.7. The van der Waals surface area contributed by atoms with Gasteiger partial charge < -0.3 is 5.11 Å². The van der Waals surface area contributed by atoms with Crippen LogP contribution in [0.3, 0.4) is 0 Å². The van der Waals surface area contributed by atoms with Crippen LogP contribution in [-0.4, -0.2) is 16.2 Å². The summed E-state index contributed by atoms with van der Waals surface area (Å²) in [5, 5.41) is 24.5. The Labute approximate surface area is 119 Å². The van der Waals surface area contributed by atoms with Crippen LogP contribution in [0.1, 0.15) is 5.56 Å². The lowest BCUT2D eigenvalue weighted by molar-refractivity contribution is -0.385. The third-order valence-electron chi connectivity index (χ3n) is 2.47. The minimum atomic E-state index is -0.659. The molecule has 0 unspecified atom stereocenters. The van der Waals surface area contributed by atoms with Crippen LogP contribution >= 0.6 is 11.6 Å². The summed E-state index contributed by atoms with van der Waals surface area (Å²) in [5.74, 6) is -0.383. The van der Waals surface area contributed by atoms with Crippen molar-refractivity contribution < 1.29 is 10.0 Å². The molecule has 0 aliphatic heterocycles. The molecule has 0 amide bonds. The summed E-state index contributed by atoms with van der Waals surface area (Å²) >= 11 is 5.93. The van der Waals surface area contributed by atoms with Crippen LogP contribution in [0.15, 0.2) is 47.6 Å². The van der Waals surface area contributed by atoms with Gasteiger partial charge in [0.25, 0.3) is 0 Å². The molecule has 0 aliphatic rings. The standard InChI is InChI=1S/C13H10ClN3O3/c14-10-3-1-2-4-11(10)16-15-8-9-5-6-13(18)12(7-9)17(19)20/h1-8,16,18H/b15-8+. The van der Waals surface area contributed by atoms with Crippen molar-refractivity contribution in [1.82, 2.24) is 0 Å². The number of anilines is 1. The number of hydrogen-bond acceptors (Lipinski definition) is 5. The number of halogens is 1. The summed E-state index contributed by atoms with van der Waals surface area (Å²) in [6.07, 6.45) is 1.40. The SMILES string of the molecule is O=[N+]([O-])c1cc(/C=N/Nc2ccccc2Cl)ccc1O. The first kappa shape index (κ1) is 13.8. The molecular formula is C13H10ClN3O3. The number of hydrazone groups is 1. The van der Waals surface area contributed by atoms with Crippen molar-refractivity contribution in [1.29, 1.82) is 0 Å². The number of rotatable bonds is 4. The van der Waals surface area contributed by atoms with Gasteiger partial charge in [0.15, 0.2) is 5.75 Å². The smallest absolute Gasteiger partial charge is 0.311 e. The number of nitrogens with one attached hydrogen (secondary N) is 1. The molecule has 2 aromatic rings. The molecule has 2 rings (SSSR count). The number of nitro groups is 1. The zero-order valence-electron chi connectivity index (χ0n) is 10.2. The Morgan fingerprint density at radius 2 is 2.05 bits per heavy atom. The fraction of sp³-hybridized carbons (Fsp3) is 0. The van der Waals surface area contributed by atoms with Crippen molar-refractivity contribution in [3.63, 3.8) is 0 Å². The average molecular weight is 292 g/mol. The molecule has 0 spiro atoms. The van der Waals surface area contributed by atoms with E-state index in [0.29, 0.717) is 16.3 Å². The lowest BCUT2D eigenvalue weighted by atomic mass is 10.2. The summed E-state index contributed by atoms with van der Waals surface area (Å²) in [7, 11) is 0. The van der Waals surface area contributed by atoms with Crippen LogP contribution in [0.5, 0.6) is 5.75 Å². The number of nitro benzene ring substituents is 1. The summed E-state index contributed by atoms with van der Waals surface area (Å²) in [6, 6.07) is 11.0. The van der Waals surface area contributed by atoms with Gasteiger partial charge in [0.1, 0.15) is 0 Å². The molecule has 7 heteroatoms. The Bertz CT molecular complexity index is 674. The average Bonchev–Trinajstić information content (AvgIpc) is 2.42. The van der Waals surface area contributed by atoms with Crippen LogP contribution < -0.4 is 5.43 Å². The van der Waals surface area contributed by atoms with Crippen LogP contribution in [0.2, 0.25) is 5.02 Å². The Balaban J connectivity index is 2.14. The van der Waals surface area contributed by atoms with Crippen LogP contribution in [0.25, 0.3) is 0 Å². The first-order chi connectivity index (χ1) is 9.58. The third kappa shape index (κ3) is 3.24. The Morgan fingerprint density at radius 1 is 1.30 bits per heavy atom. The van der Waals surface area contributed by atoms with Crippen molar-refractivity contribution in [2.75, 3.05) is 5.43 Å². The van der Waals surface area contributed by atoms with Crippen molar-refractivity contribution in [2.45, 2.75) is 0 Å². The van der Waals surface area contributed by atoms with Gasteiger partial charge in [0, 0.05) is 11.6 Å². The summed E-state index contributed by atoms with van der Waals surface area (Å²) in [4.78, 5) is 10.0. The first-order valence-electron chi connectivity index (χ1n) is 5.59. The molecule has 0 aliphatic carbocycles. The van der Waals surface area contributed by atoms with Gasteiger partial charge >= 0.3 is 5.69 Å². The van der Waals surface area contributed by atoms with E-state index in [-0.39, 0.29) is 11.4 Å². The molecule has 102 valence electrons. The Kier molecular flexibility index (Phi) is 4.17. The van der Waals surface area contributed by atoms with E-state index in [4.69, 9.17) is 11.6 Å². The molecule has 0 atom stereocenters. The van der Waals surface area contributed by atoms with E-state index in [1.165, 1.54) is 24.4 Å². The van der Waals surface area contributed by atoms with Gasteiger partial charge in [-0.15, -0.1) is 0 Å². The lowest BCUT2D eigenvalue weighted by Gasteiger charge is -2.02. The van der Waals surface area contributed by atoms with Crippen molar-refractivity contribution in [3.05, 3.63) is 63.2 Å². The number of phenolic OH excluding ortho intramolecular Hbond substituents is 1. The molecule has 0 aromatic heterocycles. The van der Waals surface area contributed by atoms with Crippen LogP contribution in [-0.2, 0) is 0 Å². The summed E-state index contributed by atoms with van der Waals surface area (Å²) in [6.45, 7) is 0. The quantitative estimate of drug-likeness (QED) is 0.513. The number of nitrogens with zero attached hydrogens (tertiary/aromatic N) is 2. The maximum absolute atomic E-state index is 10.7. The monoisotopic (exact) mass is 291 g/mol. The van der Waals surface area contributed by atoms with Gasteiger partial charge in [0.2, 0.25) is 0 Å². The zero-order chi connectivity index (χ0) is 14.5. The van der Waals surface area contributed by atoms with E-state index < -0.39 is 4.92 Å². The van der Waals surface area contributed by atoms with Crippen LogP contribution in [0, 0.1) is 10.1 Å². The van der Waals surface area contributed by atoms with Crippen molar-refractivity contribution in [3.8, 4) is 5.75 Å². The predicted octanol–water partition coefficient (Wildman–Crippen LogP) is 3.40. The Hall–Kier alpha value is -2.60. The molecule has 0 heterocycles. The highest BCUT2D eigenvalue weighted by Crippen LogP contribution is 2.25. The van der Waals surface area contributed by atoms with E-state index in [1.807, 2.05) is 0 Å². The molecule has 2 N–H and O–H groups in total. The molecule has 0 bridgehead atoms. The number of aromatic hydroxyl groups is 1. The normalized spacial score (nSPS) is 10.7. The minimum absolute atomic E-state index is 0.369. The predicted molar refractivity (Wildman–Crippen MR) is 77.4 cm³/mol. The highest BCUT2D eigenvalue weighted by molar-refractivity contribution is 6.33. The van der Waals surface area contributed by atoms with Crippen LogP contribution in [0.4, 0.5) is 11.4 Å². The van der Waals surface area contributed by atoms with E-state index in [1.54, 1.807) is 24.3 Å². The molecule has 0 saturated carbocycles. The van der Waals surface area contributed by atoms with E-state index in [0.717, 1.165) is 0 Å². The van der Waals surface area contributed by atoms with Gasteiger partial charge in [-0.05, 0) is 24.3 Å². The second-order valence-corrected chi connectivity index (χ2v) is 4.26. The number of para-hydroxylation sites is 1. The molecule has 0 fully saturated rings. The van der Waals surface area contributed by atoms with Gasteiger partial charge in [0.05, 0.1) is 21.8 Å². The molecular weight excluding hydrogens is 282 g/mol. The number of benzene rings is 2. The number of phenols is 1. The van der Waals surface area contributed by atoms with E-state index in [2.05, 4.69) is 10.5 Å². The molecule has 2 aromatic carbocycles. The second-order valence-electron chi connectivity index (χ2n) is 3.86. The fourth-order valence-corrected chi connectivity index (χ4v) is 1.67. The highest BCUT2D eigenvalue weighted by atomic mass is 35.5. The van der Waals surface area contributed by atoms with Gasteiger partial charge in [-0.25, -0.2) is 0 Å². The molecule has 0 radical (unpaired) electrons. The largest absolute Gasteiger partial charge is 0.502 e. The van der Waals surface area contributed by atoms with Gasteiger partial charge in [-0.1, -0.05) is 23.7 Å². The first-order valence-corrected chi connectivity index (χ1v) is 5.97. The summed E-state index contributed by atoms with van der Waals surface area (Å²) in [5.41, 5.74) is 3.47. The molecule has 0 saturated heterocycles. The van der Waals surface area contributed by atoms with Crippen molar-refractivity contribution >= 4 is 29.2 Å². The van der Waals surface area contributed by atoms with Gasteiger partial charge in [-0.2, -0.15) is 5.10 Å². The Morgan fingerprint density at radius 3 is 2.75 bits per heavy atom. The highest BCUT2D eigenvalue weighted by Gasteiger charge is 2.12. The molecule has 6 nitrogen and oxygen atoms in total. The maximum Gasteiger partial charge on any atom is 0.311 e. The summed E-state index contributed by atoms with van der Waals surface area (Å²) < 4.78 is 0. The third-order valence-corrected chi connectivity index (χ3v) is 2.80. The van der Waals surface area contributed by atoms with Gasteiger partial charge in [-0.3, -0.25) is 15.5 Å². The second kappa shape index (κ2) is 6.03. The minimum Gasteiger partial charge on any atom is -0.502 e.